The number of nitrogens with one attached hydrogen (secondary N) is 1. The number of carbonyl (C=O) groups is 1. The lowest BCUT2D eigenvalue weighted by Gasteiger charge is -2.18. The molecule has 2 aromatic rings. The van der Waals surface area contributed by atoms with Crippen LogP contribution < -0.4 is 5.32 Å². The normalized spacial score (nSPS) is 10.5. The van der Waals surface area contributed by atoms with Gasteiger partial charge in [0.15, 0.2) is 0 Å². The third-order valence-electron chi connectivity index (χ3n) is 3.77. The predicted molar refractivity (Wildman–Crippen MR) is 100 cm³/mol. The lowest BCUT2D eigenvalue weighted by atomic mass is 10.1. The van der Waals surface area contributed by atoms with Crippen molar-refractivity contribution in [2.24, 2.45) is 0 Å². The van der Waals surface area contributed by atoms with E-state index in [1.165, 1.54) is 0 Å². The smallest absolute Gasteiger partial charge is 0.254 e. The lowest BCUT2D eigenvalue weighted by Crippen LogP contribution is -2.30. The highest BCUT2D eigenvalue weighted by Crippen LogP contribution is 2.21. The summed E-state index contributed by atoms with van der Waals surface area (Å²) in [6.07, 6.45) is 2.39. The van der Waals surface area contributed by atoms with E-state index in [9.17, 15) is 4.79 Å². The van der Waals surface area contributed by atoms with Gasteiger partial charge in [-0.1, -0.05) is 29.3 Å². The number of rotatable bonds is 7. The fourth-order valence-corrected chi connectivity index (χ4v) is 2.91. The molecule has 4 nitrogen and oxygen atoms in total. The van der Waals surface area contributed by atoms with Crippen molar-refractivity contribution in [1.29, 1.82) is 0 Å². The van der Waals surface area contributed by atoms with Crippen molar-refractivity contribution in [1.82, 2.24) is 9.88 Å². The first kappa shape index (κ1) is 18.6. The Hall–Kier alpha value is -1.78. The Bertz CT molecular complexity index is 702. The second-order valence-corrected chi connectivity index (χ2v) is 6.16. The van der Waals surface area contributed by atoms with E-state index in [4.69, 9.17) is 23.2 Å². The number of hydrogen-bond donors (Lipinski definition) is 1. The van der Waals surface area contributed by atoms with Gasteiger partial charge >= 0.3 is 0 Å². The molecule has 2 rings (SSSR count). The molecule has 1 aromatic heterocycles. The Kier molecular flexibility index (Phi) is 6.88. The number of aromatic nitrogens is 1. The van der Waals surface area contributed by atoms with Gasteiger partial charge in [0, 0.05) is 41.4 Å². The molecule has 128 valence electrons. The third kappa shape index (κ3) is 4.86. The molecule has 1 N–H and O–H groups in total. The van der Waals surface area contributed by atoms with Crippen LogP contribution in [0.25, 0.3) is 0 Å². The molecular weight excluding hydrogens is 345 g/mol. The molecule has 0 aliphatic heterocycles. The number of amides is 1. The molecule has 6 heteroatoms. The van der Waals surface area contributed by atoms with Crippen LogP contribution in [0.4, 0.5) is 5.82 Å². The van der Waals surface area contributed by atoms with Crippen LogP contribution in [0.3, 0.4) is 0 Å². The highest BCUT2D eigenvalue weighted by Gasteiger charge is 2.13. The van der Waals surface area contributed by atoms with Crippen LogP contribution in [0.5, 0.6) is 0 Å². The molecule has 1 heterocycles. The van der Waals surface area contributed by atoms with Crippen LogP contribution in [-0.4, -0.2) is 35.4 Å². The van der Waals surface area contributed by atoms with Gasteiger partial charge in [-0.25, -0.2) is 4.98 Å². The molecule has 0 aliphatic carbocycles. The van der Waals surface area contributed by atoms with Crippen molar-refractivity contribution in [3.8, 4) is 0 Å². The number of pyridine rings is 1. The topological polar surface area (TPSA) is 45.2 Å². The first-order valence-electron chi connectivity index (χ1n) is 7.98. The molecular formula is C18H21Cl2N3O. The molecule has 0 unspecified atom stereocenters. The molecule has 0 spiro atoms. The van der Waals surface area contributed by atoms with E-state index < -0.39 is 0 Å². The monoisotopic (exact) mass is 365 g/mol. The summed E-state index contributed by atoms with van der Waals surface area (Å²) in [6, 6.07) is 9.00. The molecule has 0 saturated carbocycles. The Balaban J connectivity index is 1.98. The van der Waals surface area contributed by atoms with Gasteiger partial charge in [0.05, 0.1) is 0 Å². The van der Waals surface area contributed by atoms with Gasteiger partial charge in [0.25, 0.3) is 5.91 Å². The number of nitrogens with zero attached hydrogens (tertiary/aromatic N) is 2. The second kappa shape index (κ2) is 8.90. The predicted octanol–water partition coefficient (Wildman–Crippen LogP) is 4.53. The Morgan fingerprint density at radius 2 is 1.92 bits per heavy atom. The van der Waals surface area contributed by atoms with E-state index in [1.807, 2.05) is 26.0 Å². The van der Waals surface area contributed by atoms with E-state index in [0.717, 1.165) is 12.0 Å². The minimum atomic E-state index is 0.0196. The lowest BCUT2D eigenvalue weighted by molar-refractivity contribution is 0.0773. The summed E-state index contributed by atoms with van der Waals surface area (Å²) < 4.78 is 0. The number of hydrogen-bond acceptors (Lipinski definition) is 3. The van der Waals surface area contributed by atoms with Gasteiger partial charge in [0.1, 0.15) is 5.82 Å². The maximum atomic E-state index is 12.4. The van der Waals surface area contributed by atoms with Crippen molar-refractivity contribution >= 4 is 34.9 Å². The second-order valence-electron chi connectivity index (χ2n) is 5.32. The van der Waals surface area contributed by atoms with Crippen LogP contribution >= 0.6 is 23.2 Å². The van der Waals surface area contributed by atoms with E-state index in [2.05, 4.69) is 10.3 Å². The first-order valence-corrected chi connectivity index (χ1v) is 8.73. The van der Waals surface area contributed by atoms with Crippen LogP contribution in [-0.2, 0) is 6.42 Å². The fourth-order valence-electron chi connectivity index (χ4n) is 2.40. The van der Waals surface area contributed by atoms with Crippen LogP contribution in [0.2, 0.25) is 10.0 Å². The highest BCUT2D eigenvalue weighted by atomic mass is 35.5. The largest absolute Gasteiger partial charge is 0.370 e. The standard InChI is InChI=1S/C18H21Cl2N3O/c1-3-23(4-2)18(24)14-8-10-22-17(11-14)21-9-7-13-5-6-15(19)12-16(13)20/h5-6,8,10-12H,3-4,7,9H2,1-2H3,(H,21,22). The summed E-state index contributed by atoms with van der Waals surface area (Å²) in [5.74, 6) is 0.698. The quantitative estimate of drug-likeness (QED) is 0.783. The molecule has 24 heavy (non-hydrogen) atoms. The number of anilines is 1. The summed E-state index contributed by atoms with van der Waals surface area (Å²) in [6.45, 7) is 5.98. The van der Waals surface area contributed by atoms with Gasteiger partial charge in [0.2, 0.25) is 0 Å². The van der Waals surface area contributed by atoms with Crippen molar-refractivity contribution < 1.29 is 4.79 Å². The molecule has 1 aromatic carbocycles. The summed E-state index contributed by atoms with van der Waals surface area (Å²) in [5, 5.41) is 4.51. The molecule has 0 radical (unpaired) electrons. The average molecular weight is 366 g/mol. The molecule has 0 fully saturated rings. The maximum absolute atomic E-state index is 12.4. The fraction of sp³-hybridized carbons (Fsp3) is 0.333. The highest BCUT2D eigenvalue weighted by molar-refractivity contribution is 6.35. The summed E-state index contributed by atoms with van der Waals surface area (Å²) in [7, 11) is 0. The van der Waals surface area contributed by atoms with Gasteiger partial charge in [-0.2, -0.15) is 0 Å². The SMILES string of the molecule is CCN(CC)C(=O)c1ccnc(NCCc2ccc(Cl)cc2Cl)c1. The van der Waals surface area contributed by atoms with Crippen molar-refractivity contribution in [2.75, 3.05) is 25.0 Å². The van der Waals surface area contributed by atoms with Crippen LogP contribution in [0.1, 0.15) is 29.8 Å². The van der Waals surface area contributed by atoms with E-state index in [1.54, 1.807) is 29.3 Å². The molecule has 0 saturated heterocycles. The summed E-state index contributed by atoms with van der Waals surface area (Å²) in [5.41, 5.74) is 1.66. The zero-order valence-corrected chi connectivity index (χ0v) is 15.4. The Labute approximate surface area is 152 Å². The summed E-state index contributed by atoms with van der Waals surface area (Å²) in [4.78, 5) is 18.4. The molecule has 0 aliphatic rings. The van der Waals surface area contributed by atoms with E-state index in [0.29, 0.717) is 41.1 Å². The van der Waals surface area contributed by atoms with Crippen molar-refractivity contribution in [3.05, 3.63) is 57.7 Å². The zero-order valence-electron chi connectivity index (χ0n) is 13.9. The van der Waals surface area contributed by atoms with Gasteiger partial charge < -0.3 is 10.2 Å². The third-order valence-corrected chi connectivity index (χ3v) is 4.36. The number of benzene rings is 1. The number of halogens is 2. The Morgan fingerprint density at radius 1 is 1.17 bits per heavy atom. The van der Waals surface area contributed by atoms with E-state index >= 15 is 0 Å². The van der Waals surface area contributed by atoms with Crippen molar-refractivity contribution in [2.45, 2.75) is 20.3 Å². The van der Waals surface area contributed by atoms with E-state index in [-0.39, 0.29) is 5.91 Å². The van der Waals surface area contributed by atoms with Crippen molar-refractivity contribution in [3.63, 3.8) is 0 Å². The molecule has 0 atom stereocenters. The van der Waals surface area contributed by atoms with Crippen LogP contribution in [0, 0.1) is 0 Å². The number of carbonyl (C=O) groups excluding carboxylic acids is 1. The summed E-state index contributed by atoms with van der Waals surface area (Å²) >= 11 is 12.1. The van der Waals surface area contributed by atoms with Gasteiger partial charge in [-0.15, -0.1) is 0 Å². The molecule has 0 bridgehead atoms. The first-order chi connectivity index (χ1) is 11.5. The molecule has 1 amide bonds. The van der Waals surface area contributed by atoms with Gasteiger partial charge in [-0.3, -0.25) is 4.79 Å². The van der Waals surface area contributed by atoms with Gasteiger partial charge in [-0.05, 0) is 50.1 Å². The minimum Gasteiger partial charge on any atom is -0.370 e. The Morgan fingerprint density at radius 3 is 2.58 bits per heavy atom. The zero-order chi connectivity index (χ0) is 17.5. The minimum absolute atomic E-state index is 0.0196. The average Bonchev–Trinajstić information content (AvgIpc) is 2.58. The maximum Gasteiger partial charge on any atom is 0.254 e. The van der Waals surface area contributed by atoms with Crippen LogP contribution in [0.15, 0.2) is 36.5 Å².